The highest BCUT2D eigenvalue weighted by Crippen LogP contribution is 2.39. The van der Waals surface area contributed by atoms with E-state index < -0.39 is 11.6 Å². The normalized spacial score (nSPS) is 20.6. The number of para-hydroxylation sites is 1. The van der Waals surface area contributed by atoms with Gasteiger partial charge in [0, 0.05) is 29.8 Å². The number of nitrogens with two attached hydrogens (primary N) is 1. The van der Waals surface area contributed by atoms with Gasteiger partial charge in [-0.05, 0) is 55.5 Å². The van der Waals surface area contributed by atoms with Gasteiger partial charge in [0.05, 0.1) is 6.67 Å². The summed E-state index contributed by atoms with van der Waals surface area (Å²) in [6, 6.07) is 16.2. The number of likely N-dealkylation sites (tertiary alicyclic amines) is 1. The third-order valence-electron chi connectivity index (χ3n) is 8.28. The van der Waals surface area contributed by atoms with Gasteiger partial charge < -0.3 is 25.8 Å². The van der Waals surface area contributed by atoms with Gasteiger partial charge in [-0.15, -0.1) is 0 Å². The lowest BCUT2D eigenvalue weighted by molar-refractivity contribution is -0.140. The van der Waals surface area contributed by atoms with Crippen LogP contribution in [0.1, 0.15) is 56.6 Å². The van der Waals surface area contributed by atoms with Crippen molar-refractivity contribution in [1.29, 1.82) is 0 Å². The molecule has 2 aliphatic heterocycles. The van der Waals surface area contributed by atoms with Crippen molar-refractivity contribution in [2.45, 2.75) is 62.6 Å². The van der Waals surface area contributed by atoms with Gasteiger partial charge in [-0.1, -0.05) is 61.2 Å². The highest BCUT2D eigenvalue weighted by molar-refractivity contribution is 6.30. The van der Waals surface area contributed by atoms with Crippen molar-refractivity contribution in [3.05, 3.63) is 65.2 Å². The average molecular weight is 538 g/mol. The number of hydrogen-bond donors (Lipinski definition) is 2. The van der Waals surface area contributed by atoms with E-state index in [2.05, 4.69) is 10.2 Å². The summed E-state index contributed by atoms with van der Waals surface area (Å²) in [4.78, 5) is 45.6. The van der Waals surface area contributed by atoms with E-state index in [0.29, 0.717) is 43.2 Å². The molecule has 2 aromatic rings. The molecule has 2 heterocycles. The van der Waals surface area contributed by atoms with E-state index in [1.807, 2.05) is 30.3 Å². The summed E-state index contributed by atoms with van der Waals surface area (Å²) in [6.07, 6.45) is 6.44. The Labute approximate surface area is 229 Å². The zero-order valence-electron chi connectivity index (χ0n) is 21.7. The first-order valence-corrected chi connectivity index (χ1v) is 14.0. The minimum absolute atomic E-state index is 0.0461. The largest absolute Gasteiger partial charge is 0.352 e. The third kappa shape index (κ3) is 5.38. The van der Waals surface area contributed by atoms with E-state index in [9.17, 15) is 14.4 Å². The molecule has 3 N–H and O–H groups in total. The van der Waals surface area contributed by atoms with Crippen LogP contribution >= 0.6 is 11.6 Å². The quantitative estimate of drug-likeness (QED) is 0.588. The first kappa shape index (κ1) is 26.5. The summed E-state index contributed by atoms with van der Waals surface area (Å²) < 4.78 is 0. The molecule has 38 heavy (non-hydrogen) atoms. The Balaban J connectivity index is 1.29. The Kier molecular flexibility index (Phi) is 7.91. The van der Waals surface area contributed by atoms with E-state index in [-0.39, 0.29) is 30.3 Å². The fraction of sp³-hybridized carbons (Fsp3) is 0.483. The molecule has 5 rings (SSSR count). The van der Waals surface area contributed by atoms with Crippen LogP contribution in [0.15, 0.2) is 54.6 Å². The number of nitrogens with zero attached hydrogens (tertiary/aromatic N) is 3. The van der Waals surface area contributed by atoms with Crippen molar-refractivity contribution >= 4 is 35.0 Å². The number of benzene rings is 2. The number of hydrogen-bond acceptors (Lipinski definition) is 5. The van der Waals surface area contributed by atoms with Gasteiger partial charge in [0.25, 0.3) is 5.91 Å². The lowest BCUT2D eigenvalue weighted by Crippen LogP contribution is -2.58. The lowest BCUT2D eigenvalue weighted by atomic mass is 9.85. The van der Waals surface area contributed by atoms with Gasteiger partial charge in [0.1, 0.15) is 18.1 Å². The highest BCUT2D eigenvalue weighted by Gasteiger charge is 2.54. The molecule has 9 heteroatoms. The van der Waals surface area contributed by atoms with Crippen LogP contribution in [-0.2, 0) is 14.4 Å². The monoisotopic (exact) mass is 537 g/mol. The Hall–Kier alpha value is -3.10. The molecule has 0 unspecified atom stereocenters. The zero-order valence-corrected chi connectivity index (χ0v) is 22.4. The number of piperidine rings is 1. The van der Waals surface area contributed by atoms with Crippen molar-refractivity contribution in [2.24, 2.45) is 5.73 Å². The summed E-state index contributed by atoms with van der Waals surface area (Å²) in [6.45, 7) is 1.22. The first-order chi connectivity index (χ1) is 18.4. The summed E-state index contributed by atoms with van der Waals surface area (Å²) >= 11 is 5.98. The second-order valence-electron chi connectivity index (χ2n) is 10.7. The van der Waals surface area contributed by atoms with Crippen LogP contribution in [0.4, 0.5) is 5.69 Å². The fourth-order valence-electron chi connectivity index (χ4n) is 6.12. The van der Waals surface area contributed by atoms with Crippen molar-refractivity contribution in [3.63, 3.8) is 0 Å². The second kappa shape index (κ2) is 11.3. The molecule has 0 aromatic heterocycles. The first-order valence-electron chi connectivity index (χ1n) is 13.6. The van der Waals surface area contributed by atoms with Crippen LogP contribution in [0.25, 0.3) is 0 Å². The van der Waals surface area contributed by atoms with Crippen molar-refractivity contribution in [3.8, 4) is 0 Å². The SMILES string of the molecule is N[C@@H](C(=O)N1CCC2(CC1)C(=O)N(CC(=O)NC1CCCCC1)CN2c1ccccc1)c1ccc(Cl)cc1. The van der Waals surface area contributed by atoms with Crippen LogP contribution in [0.5, 0.6) is 0 Å². The van der Waals surface area contributed by atoms with Crippen molar-refractivity contribution in [1.82, 2.24) is 15.1 Å². The molecule has 3 fully saturated rings. The number of carbonyl (C=O) groups is 3. The summed E-state index contributed by atoms with van der Waals surface area (Å²) in [5, 5.41) is 3.73. The molecule has 2 aromatic carbocycles. The second-order valence-corrected chi connectivity index (χ2v) is 11.1. The molecule has 8 nitrogen and oxygen atoms in total. The molecule has 1 aliphatic carbocycles. The van der Waals surface area contributed by atoms with E-state index in [1.165, 1.54) is 6.42 Å². The van der Waals surface area contributed by atoms with Crippen LogP contribution < -0.4 is 16.0 Å². The van der Waals surface area contributed by atoms with Gasteiger partial charge in [-0.25, -0.2) is 0 Å². The van der Waals surface area contributed by atoms with Gasteiger partial charge >= 0.3 is 0 Å². The Morgan fingerprint density at radius 1 is 1.00 bits per heavy atom. The van der Waals surface area contributed by atoms with Crippen LogP contribution in [0.3, 0.4) is 0 Å². The summed E-state index contributed by atoms with van der Waals surface area (Å²) in [5.74, 6) is -0.311. The number of nitrogens with one attached hydrogen (secondary N) is 1. The average Bonchev–Trinajstić information content (AvgIpc) is 3.20. The standard InChI is InChI=1S/C29H36ClN5O3/c30-22-13-11-21(12-14-22)26(31)27(37)33-17-15-29(16-18-33)28(38)34(20-35(29)24-9-5-2-6-10-24)19-25(36)32-23-7-3-1-4-8-23/h2,5-6,9-14,23,26H,1,3-4,7-8,15-20,31H2,(H,32,36)/t26-/m1/s1. The summed E-state index contributed by atoms with van der Waals surface area (Å²) in [5.41, 5.74) is 7.15. The molecular formula is C29H36ClN5O3. The number of carbonyl (C=O) groups excluding carboxylic acids is 3. The molecular weight excluding hydrogens is 502 g/mol. The topological polar surface area (TPSA) is 99.0 Å². The molecule has 2 saturated heterocycles. The van der Waals surface area contributed by atoms with Gasteiger partial charge in [0.15, 0.2) is 0 Å². The summed E-state index contributed by atoms with van der Waals surface area (Å²) in [7, 11) is 0. The number of amides is 3. The molecule has 0 bridgehead atoms. The molecule has 1 spiro atoms. The van der Waals surface area contributed by atoms with Gasteiger partial charge in [-0.2, -0.15) is 0 Å². The Bertz CT molecular complexity index is 1140. The van der Waals surface area contributed by atoms with Crippen LogP contribution in [-0.4, -0.2) is 65.4 Å². The maximum absolute atomic E-state index is 13.9. The highest BCUT2D eigenvalue weighted by atomic mass is 35.5. The molecule has 0 radical (unpaired) electrons. The van der Waals surface area contributed by atoms with Gasteiger partial charge in [0.2, 0.25) is 11.8 Å². The number of anilines is 1. The predicted molar refractivity (Wildman–Crippen MR) is 147 cm³/mol. The molecule has 202 valence electrons. The van der Waals surface area contributed by atoms with E-state index >= 15 is 0 Å². The van der Waals surface area contributed by atoms with Crippen molar-refractivity contribution in [2.75, 3.05) is 31.2 Å². The lowest BCUT2D eigenvalue weighted by Gasteiger charge is -2.43. The van der Waals surface area contributed by atoms with E-state index in [4.69, 9.17) is 17.3 Å². The third-order valence-corrected chi connectivity index (χ3v) is 8.54. The molecule has 1 atom stereocenters. The smallest absolute Gasteiger partial charge is 0.250 e. The van der Waals surface area contributed by atoms with Gasteiger partial charge in [-0.3, -0.25) is 14.4 Å². The molecule has 1 saturated carbocycles. The van der Waals surface area contributed by atoms with Crippen LogP contribution in [0.2, 0.25) is 5.02 Å². The Morgan fingerprint density at radius 2 is 1.66 bits per heavy atom. The molecule has 3 aliphatic rings. The zero-order chi connectivity index (χ0) is 26.7. The van der Waals surface area contributed by atoms with E-state index in [0.717, 1.165) is 31.4 Å². The fourth-order valence-corrected chi connectivity index (χ4v) is 6.25. The van der Waals surface area contributed by atoms with Crippen LogP contribution in [0, 0.1) is 0 Å². The molecule has 3 amide bonds. The Morgan fingerprint density at radius 3 is 2.32 bits per heavy atom. The number of rotatable bonds is 6. The minimum atomic E-state index is -0.798. The van der Waals surface area contributed by atoms with E-state index in [1.54, 1.807) is 34.1 Å². The minimum Gasteiger partial charge on any atom is -0.352 e. The predicted octanol–water partition coefficient (Wildman–Crippen LogP) is 3.46. The van der Waals surface area contributed by atoms with Crippen molar-refractivity contribution < 1.29 is 14.4 Å². The number of halogens is 1. The maximum atomic E-state index is 13.9. The maximum Gasteiger partial charge on any atom is 0.250 e.